The monoisotopic (exact) mass is 271 g/mol. The molecule has 106 valence electrons. The van der Waals surface area contributed by atoms with Crippen molar-refractivity contribution in [1.82, 2.24) is 15.3 Å². The van der Waals surface area contributed by atoms with Crippen molar-refractivity contribution in [2.75, 3.05) is 13.2 Å². The highest BCUT2D eigenvalue weighted by Gasteiger charge is 1.99. The lowest BCUT2D eigenvalue weighted by atomic mass is 10.1. The fourth-order valence-corrected chi connectivity index (χ4v) is 2.03. The molecule has 2 rings (SSSR count). The van der Waals surface area contributed by atoms with Gasteiger partial charge >= 0.3 is 0 Å². The van der Waals surface area contributed by atoms with E-state index in [2.05, 4.69) is 27.4 Å². The molecule has 0 saturated heterocycles. The van der Waals surface area contributed by atoms with Gasteiger partial charge in [0.05, 0.1) is 0 Å². The molecule has 2 aromatic rings. The van der Waals surface area contributed by atoms with Gasteiger partial charge in [0.25, 0.3) is 0 Å². The molecule has 20 heavy (non-hydrogen) atoms. The number of aryl methyl sites for hydroxylation is 2. The summed E-state index contributed by atoms with van der Waals surface area (Å²) in [6.07, 6.45) is 8.24. The number of aromatic nitrogens is 2. The maximum absolute atomic E-state index is 8.73. The van der Waals surface area contributed by atoms with Crippen LogP contribution in [0.2, 0.25) is 0 Å². The molecule has 2 N–H and O–H groups in total. The second-order valence-electron chi connectivity index (χ2n) is 4.77. The molecule has 2 aromatic heterocycles. The average molecular weight is 271 g/mol. The predicted octanol–water partition coefficient (Wildman–Crippen LogP) is 1.73. The molecule has 4 nitrogen and oxygen atoms in total. The lowest BCUT2D eigenvalue weighted by molar-refractivity contribution is 0.286. The van der Waals surface area contributed by atoms with Gasteiger partial charge in [0.2, 0.25) is 0 Å². The van der Waals surface area contributed by atoms with Gasteiger partial charge in [-0.3, -0.25) is 9.97 Å². The third-order valence-electron chi connectivity index (χ3n) is 3.11. The third kappa shape index (κ3) is 5.07. The number of nitrogens with one attached hydrogen (secondary N) is 1. The maximum Gasteiger partial charge on any atom is 0.0443 e. The molecule has 4 heteroatoms. The summed E-state index contributed by atoms with van der Waals surface area (Å²) in [7, 11) is 0. The van der Waals surface area contributed by atoms with Crippen molar-refractivity contribution in [1.29, 1.82) is 0 Å². The number of rotatable bonds is 8. The van der Waals surface area contributed by atoms with E-state index in [0.717, 1.165) is 38.0 Å². The second kappa shape index (κ2) is 8.40. The fourth-order valence-electron chi connectivity index (χ4n) is 2.03. The zero-order valence-electron chi connectivity index (χ0n) is 11.6. The Balaban J connectivity index is 1.83. The number of nitrogens with zero attached hydrogens (tertiary/aromatic N) is 2. The molecule has 0 unspecified atom stereocenters. The first kappa shape index (κ1) is 14.6. The standard InChI is InChI=1S/C16H21N3O/c20-10-2-8-18-13-15-6-9-19-16(11-15)5-4-14-3-1-7-17-12-14/h1,3,6-7,9,11-12,18,20H,2,4-5,8,10,13H2. The van der Waals surface area contributed by atoms with Gasteiger partial charge in [-0.05, 0) is 55.1 Å². The van der Waals surface area contributed by atoms with E-state index in [4.69, 9.17) is 5.11 Å². The van der Waals surface area contributed by atoms with E-state index in [1.807, 2.05) is 24.5 Å². The van der Waals surface area contributed by atoms with Crippen LogP contribution in [-0.2, 0) is 19.4 Å². The molecule has 2 heterocycles. The van der Waals surface area contributed by atoms with E-state index >= 15 is 0 Å². The second-order valence-corrected chi connectivity index (χ2v) is 4.77. The van der Waals surface area contributed by atoms with Gasteiger partial charge < -0.3 is 10.4 Å². The first-order valence-electron chi connectivity index (χ1n) is 7.03. The summed E-state index contributed by atoms with van der Waals surface area (Å²) >= 11 is 0. The topological polar surface area (TPSA) is 58.0 Å². The van der Waals surface area contributed by atoms with Crippen molar-refractivity contribution in [2.45, 2.75) is 25.8 Å². The first-order valence-corrected chi connectivity index (χ1v) is 7.03. The minimum Gasteiger partial charge on any atom is -0.396 e. The number of pyridine rings is 2. The van der Waals surface area contributed by atoms with Crippen molar-refractivity contribution in [3.63, 3.8) is 0 Å². The Morgan fingerprint density at radius 1 is 1.10 bits per heavy atom. The van der Waals surface area contributed by atoms with Crippen molar-refractivity contribution in [3.05, 3.63) is 59.7 Å². The molecule has 0 spiro atoms. The summed E-state index contributed by atoms with van der Waals surface area (Å²) < 4.78 is 0. The lowest BCUT2D eigenvalue weighted by Gasteiger charge is -2.06. The molecular formula is C16H21N3O. The highest BCUT2D eigenvalue weighted by atomic mass is 16.3. The highest BCUT2D eigenvalue weighted by Crippen LogP contribution is 2.06. The molecular weight excluding hydrogens is 250 g/mol. The van der Waals surface area contributed by atoms with Gasteiger partial charge in [-0.2, -0.15) is 0 Å². The number of hydrogen-bond acceptors (Lipinski definition) is 4. The van der Waals surface area contributed by atoms with Crippen LogP contribution in [0.25, 0.3) is 0 Å². The highest BCUT2D eigenvalue weighted by molar-refractivity contribution is 5.18. The van der Waals surface area contributed by atoms with E-state index in [1.54, 1.807) is 6.20 Å². The molecule has 0 aliphatic carbocycles. The van der Waals surface area contributed by atoms with Crippen LogP contribution in [0.15, 0.2) is 42.9 Å². The Morgan fingerprint density at radius 3 is 2.85 bits per heavy atom. The Morgan fingerprint density at radius 2 is 2.05 bits per heavy atom. The van der Waals surface area contributed by atoms with E-state index in [0.29, 0.717) is 0 Å². The molecule has 0 aromatic carbocycles. The van der Waals surface area contributed by atoms with Crippen molar-refractivity contribution >= 4 is 0 Å². The molecule has 0 aliphatic heterocycles. The molecule has 0 radical (unpaired) electrons. The zero-order valence-corrected chi connectivity index (χ0v) is 11.6. The smallest absolute Gasteiger partial charge is 0.0443 e. The number of hydrogen-bond donors (Lipinski definition) is 2. The Labute approximate surface area is 119 Å². The molecule has 0 bridgehead atoms. The summed E-state index contributed by atoms with van der Waals surface area (Å²) in [5, 5.41) is 12.0. The van der Waals surface area contributed by atoms with Crippen LogP contribution in [0, 0.1) is 0 Å². The summed E-state index contributed by atoms with van der Waals surface area (Å²) in [6.45, 7) is 1.89. The Hall–Kier alpha value is -1.78. The van der Waals surface area contributed by atoms with Crippen LogP contribution in [-0.4, -0.2) is 28.2 Å². The van der Waals surface area contributed by atoms with Gasteiger partial charge in [0.15, 0.2) is 0 Å². The molecule has 0 amide bonds. The number of aliphatic hydroxyl groups is 1. The molecule has 0 aliphatic rings. The van der Waals surface area contributed by atoms with Gasteiger partial charge in [-0.15, -0.1) is 0 Å². The van der Waals surface area contributed by atoms with Crippen LogP contribution < -0.4 is 5.32 Å². The van der Waals surface area contributed by atoms with Crippen LogP contribution in [0.4, 0.5) is 0 Å². The minimum atomic E-state index is 0.236. The summed E-state index contributed by atoms with van der Waals surface area (Å²) in [4.78, 5) is 8.53. The summed E-state index contributed by atoms with van der Waals surface area (Å²) in [6, 6.07) is 8.22. The maximum atomic E-state index is 8.73. The number of aliphatic hydroxyl groups excluding tert-OH is 1. The van der Waals surface area contributed by atoms with E-state index in [-0.39, 0.29) is 6.61 Å². The summed E-state index contributed by atoms with van der Waals surface area (Å²) in [5.41, 5.74) is 3.58. The van der Waals surface area contributed by atoms with Crippen LogP contribution in [0.3, 0.4) is 0 Å². The van der Waals surface area contributed by atoms with Gasteiger partial charge in [-0.25, -0.2) is 0 Å². The molecule has 0 saturated carbocycles. The Bertz CT molecular complexity index is 502. The summed E-state index contributed by atoms with van der Waals surface area (Å²) in [5.74, 6) is 0. The minimum absolute atomic E-state index is 0.236. The molecule has 0 atom stereocenters. The largest absolute Gasteiger partial charge is 0.396 e. The first-order chi connectivity index (χ1) is 9.88. The Kier molecular flexibility index (Phi) is 6.14. The van der Waals surface area contributed by atoms with E-state index in [1.165, 1.54) is 11.1 Å². The average Bonchev–Trinajstić information content (AvgIpc) is 2.51. The SMILES string of the molecule is OCCCNCc1ccnc(CCc2cccnc2)c1. The van der Waals surface area contributed by atoms with Crippen LogP contribution in [0.5, 0.6) is 0 Å². The van der Waals surface area contributed by atoms with Crippen molar-refractivity contribution < 1.29 is 5.11 Å². The fraction of sp³-hybridized carbons (Fsp3) is 0.375. The van der Waals surface area contributed by atoms with Crippen molar-refractivity contribution in [2.24, 2.45) is 0 Å². The zero-order chi connectivity index (χ0) is 14.0. The van der Waals surface area contributed by atoms with E-state index < -0.39 is 0 Å². The normalized spacial score (nSPS) is 10.7. The van der Waals surface area contributed by atoms with Crippen molar-refractivity contribution in [3.8, 4) is 0 Å². The lowest BCUT2D eigenvalue weighted by Crippen LogP contribution is -2.15. The van der Waals surface area contributed by atoms with Crippen LogP contribution >= 0.6 is 0 Å². The molecule has 0 fully saturated rings. The van der Waals surface area contributed by atoms with Crippen LogP contribution in [0.1, 0.15) is 23.2 Å². The predicted molar refractivity (Wildman–Crippen MR) is 79.3 cm³/mol. The van der Waals surface area contributed by atoms with Gasteiger partial charge in [0, 0.05) is 37.4 Å². The quantitative estimate of drug-likeness (QED) is 0.718. The van der Waals surface area contributed by atoms with E-state index in [9.17, 15) is 0 Å². The van der Waals surface area contributed by atoms with Gasteiger partial charge in [-0.1, -0.05) is 6.07 Å². The van der Waals surface area contributed by atoms with Gasteiger partial charge in [0.1, 0.15) is 0 Å². The third-order valence-corrected chi connectivity index (χ3v) is 3.11.